The van der Waals surface area contributed by atoms with E-state index in [4.69, 9.17) is 5.73 Å². The summed E-state index contributed by atoms with van der Waals surface area (Å²) in [4.78, 5) is 22.2. The third kappa shape index (κ3) is 1.13. The highest BCUT2D eigenvalue weighted by atomic mass is 16.1. The number of nitrogens with two attached hydrogens (primary N) is 1. The number of aliphatic imine (C=N–C) groups is 2. The van der Waals surface area contributed by atoms with Gasteiger partial charge in [0.05, 0.1) is 5.71 Å². The molecule has 0 saturated heterocycles. The first-order valence-corrected chi connectivity index (χ1v) is 4.58. The molecule has 5 heteroatoms. The Morgan fingerprint density at radius 1 is 1.40 bits per heavy atom. The molecule has 0 aromatic carbocycles. The van der Waals surface area contributed by atoms with Gasteiger partial charge in [-0.2, -0.15) is 0 Å². The van der Waals surface area contributed by atoms with E-state index in [1.165, 1.54) is 6.07 Å². The quantitative estimate of drug-likeness (QED) is 0.612. The molecule has 0 saturated carbocycles. The van der Waals surface area contributed by atoms with E-state index in [0.717, 1.165) is 17.0 Å². The predicted octanol–water partition coefficient (Wildman–Crippen LogP) is -0.112. The smallest absolute Gasteiger partial charge is 0.248 e. The lowest BCUT2D eigenvalue weighted by atomic mass is 9.97. The highest BCUT2D eigenvalue weighted by molar-refractivity contribution is 6.17. The molecule has 2 aliphatic rings. The highest BCUT2D eigenvalue weighted by Crippen LogP contribution is 2.21. The van der Waals surface area contributed by atoms with Crippen LogP contribution in [0.1, 0.15) is 11.3 Å². The zero-order chi connectivity index (χ0) is 10.4. The average molecular weight is 200 g/mol. The van der Waals surface area contributed by atoms with Gasteiger partial charge in [-0.1, -0.05) is 6.08 Å². The summed E-state index contributed by atoms with van der Waals surface area (Å²) in [6, 6.07) is 3.13. The first-order chi connectivity index (χ1) is 7.24. The molecule has 5 nitrogen and oxygen atoms in total. The third-order valence-electron chi connectivity index (χ3n) is 2.46. The maximum Gasteiger partial charge on any atom is 0.248 e. The summed E-state index contributed by atoms with van der Waals surface area (Å²) >= 11 is 0. The summed E-state index contributed by atoms with van der Waals surface area (Å²) in [6.07, 6.45) is 3.71. The third-order valence-corrected chi connectivity index (χ3v) is 2.46. The molecule has 0 amide bonds. The van der Waals surface area contributed by atoms with Gasteiger partial charge in [-0.25, -0.2) is 9.98 Å². The molecule has 0 radical (unpaired) electrons. The minimum Gasteiger partial charge on any atom is -0.368 e. The van der Waals surface area contributed by atoms with Crippen molar-refractivity contribution in [3.63, 3.8) is 0 Å². The predicted molar refractivity (Wildman–Crippen MR) is 58.0 cm³/mol. The van der Waals surface area contributed by atoms with Crippen LogP contribution in [0.3, 0.4) is 0 Å². The van der Waals surface area contributed by atoms with Crippen molar-refractivity contribution in [3.05, 3.63) is 39.8 Å². The first kappa shape index (κ1) is 8.16. The van der Waals surface area contributed by atoms with E-state index in [9.17, 15) is 4.79 Å². The molecule has 3 rings (SSSR count). The second-order valence-corrected chi connectivity index (χ2v) is 3.44. The Morgan fingerprint density at radius 3 is 3.13 bits per heavy atom. The van der Waals surface area contributed by atoms with Crippen molar-refractivity contribution in [1.82, 2.24) is 4.98 Å². The maximum atomic E-state index is 11.1. The van der Waals surface area contributed by atoms with Crippen molar-refractivity contribution < 1.29 is 0 Å². The number of aromatic amines is 1. The van der Waals surface area contributed by atoms with Crippen LogP contribution in [0.5, 0.6) is 0 Å². The molecular formula is C10H8N4O. The van der Waals surface area contributed by atoms with Crippen LogP contribution in [0.4, 0.5) is 0 Å². The number of pyridine rings is 1. The fourth-order valence-corrected chi connectivity index (χ4v) is 1.81. The van der Waals surface area contributed by atoms with E-state index in [2.05, 4.69) is 15.0 Å². The zero-order valence-corrected chi connectivity index (χ0v) is 7.77. The minimum atomic E-state index is -0.121. The van der Waals surface area contributed by atoms with Crippen molar-refractivity contribution in [1.29, 1.82) is 0 Å². The molecule has 1 unspecified atom stereocenters. The van der Waals surface area contributed by atoms with Crippen molar-refractivity contribution in [2.75, 3.05) is 0 Å². The molecule has 1 atom stereocenters. The van der Waals surface area contributed by atoms with Crippen molar-refractivity contribution in [2.24, 2.45) is 15.7 Å². The number of fused-ring (bicyclic) bond motifs is 3. The Bertz CT molecular complexity index is 579. The van der Waals surface area contributed by atoms with E-state index >= 15 is 0 Å². The van der Waals surface area contributed by atoms with Gasteiger partial charge in [0.1, 0.15) is 6.04 Å². The summed E-state index contributed by atoms with van der Waals surface area (Å²) in [5, 5.41) is 0. The molecular weight excluding hydrogens is 192 g/mol. The van der Waals surface area contributed by atoms with Crippen LogP contribution < -0.4 is 11.3 Å². The van der Waals surface area contributed by atoms with Gasteiger partial charge in [-0.3, -0.25) is 4.79 Å². The molecule has 0 fully saturated rings. The summed E-state index contributed by atoms with van der Waals surface area (Å²) in [6.45, 7) is 0. The Hall–Kier alpha value is -2.17. The number of hydrogen-bond donors (Lipinski definition) is 2. The molecule has 1 aromatic rings. The number of nitrogens with one attached hydrogen (secondary N) is 1. The van der Waals surface area contributed by atoms with Crippen LogP contribution in [-0.2, 0) is 0 Å². The van der Waals surface area contributed by atoms with Gasteiger partial charge in [-0.05, 0) is 12.1 Å². The van der Waals surface area contributed by atoms with Gasteiger partial charge in [0.2, 0.25) is 11.5 Å². The van der Waals surface area contributed by atoms with Crippen molar-refractivity contribution >= 4 is 17.7 Å². The number of guanidine groups is 1. The fourth-order valence-electron chi connectivity index (χ4n) is 1.81. The molecule has 1 aliphatic carbocycles. The number of nitrogens with zero attached hydrogens (tertiary/aromatic N) is 2. The topological polar surface area (TPSA) is 83.6 Å². The molecule has 74 valence electrons. The van der Waals surface area contributed by atoms with Crippen molar-refractivity contribution in [2.45, 2.75) is 6.04 Å². The first-order valence-electron chi connectivity index (χ1n) is 4.58. The molecule has 1 aromatic heterocycles. The standard InChI is InChI=1S/C10H8N4O/c11-10-13-7-3-2-6-5(9(7)14-10)1-4-8(15)12-6/h1-4,7H,(H2,11,13)(H,12,15). The van der Waals surface area contributed by atoms with Crippen LogP contribution in [0.25, 0.3) is 6.08 Å². The lowest BCUT2D eigenvalue weighted by Gasteiger charge is -2.13. The second kappa shape index (κ2) is 2.66. The monoisotopic (exact) mass is 200 g/mol. The van der Waals surface area contributed by atoms with Gasteiger partial charge in [0.25, 0.3) is 0 Å². The maximum absolute atomic E-state index is 11.1. The lowest BCUT2D eigenvalue weighted by Crippen LogP contribution is -2.21. The Labute approximate surface area is 85.1 Å². The Morgan fingerprint density at radius 2 is 2.27 bits per heavy atom. The Balaban J connectivity index is 2.24. The van der Waals surface area contributed by atoms with Crippen LogP contribution in [0.2, 0.25) is 0 Å². The van der Waals surface area contributed by atoms with Gasteiger partial charge in [-0.15, -0.1) is 0 Å². The second-order valence-electron chi connectivity index (χ2n) is 3.44. The molecule has 2 heterocycles. The molecule has 0 bridgehead atoms. The number of aromatic nitrogens is 1. The van der Waals surface area contributed by atoms with Crippen LogP contribution in [0, 0.1) is 0 Å². The van der Waals surface area contributed by atoms with Gasteiger partial charge < -0.3 is 10.7 Å². The highest BCUT2D eigenvalue weighted by Gasteiger charge is 2.25. The largest absolute Gasteiger partial charge is 0.368 e. The zero-order valence-electron chi connectivity index (χ0n) is 7.77. The van der Waals surface area contributed by atoms with Crippen LogP contribution in [-0.4, -0.2) is 22.7 Å². The number of rotatable bonds is 0. The van der Waals surface area contributed by atoms with Crippen LogP contribution >= 0.6 is 0 Å². The summed E-state index contributed by atoms with van der Waals surface area (Å²) < 4.78 is 0. The SMILES string of the molecule is NC1=NC2C=Cc3[nH]c(=O)ccc3C2=N1. The number of hydrogen-bond acceptors (Lipinski definition) is 4. The van der Waals surface area contributed by atoms with Crippen LogP contribution in [0.15, 0.2) is 33.0 Å². The van der Waals surface area contributed by atoms with Crippen molar-refractivity contribution in [3.8, 4) is 0 Å². The van der Waals surface area contributed by atoms with Gasteiger partial charge in [0.15, 0.2) is 0 Å². The van der Waals surface area contributed by atoms with E-state index in [1.54, 1.807) is 6.07 Å². The average Bonchev–Trinajstić information content (AvgIpc) is 2.58. The Kier molecular flexibility index (Phi) is 1.45. The van der Waals surface area contributed by atoms with E-state index in [-0.39, 0.29) is 11.6 Å². The molecule has 15 heavy (non-hydrogen) atoms. The fraction of sp³-hybridized carbons (Fsp3) is 0.100. The van der Waals surface area contributed by atoms with E-state index < -0.39 is 0 Å². The summed E-state index contributed by atoms with van der Waals surface area (Å²) in [5.41, 5.74) is 7.88. The van der Waals surface area contributed by atoms with Gasteiger partial charge >= 0.3 is 0 Å². The normalized spacial score (nSPS) is 21.7. The lowest BCUT2D eigenvalue weighted by molar-refractivity contribution is 1.08. The van der Waals surface area contributed by atoms with Gasteiger partial charge in [0, 0.05) is 17.3 Å². The molecule has 1 aliphatic heterocycles. The summed E-state index contributed by atoms with van der Waals surface area (Å²) in [5.74, 6) is 0.290. The minimum absolute atomic E-state index is 0.0941. The summed E-state index contributed by atoms with van der Waals surface area (Å²) in [7, 11) is 0. The number of H-pyrrole nitrogens is 1. The molecule has 0 spiro atoms. The van der Waals surface area contributed by atoms with E-state index in [0.29, 0.717) is 5.96 Å². The van der Waals surface area contributed by atoms with E-state index in [1.807, 2.05) is 12.2 Å². The molecule has 3 N–H and O–H groups in total.